The molecule has 0 saturated carbocycles. The summed E-state index contributed by atoms with van der Waals surface area (Å²) in [6.45, 7) is 6.69. The molecule has 0 radical (unpaired) electrons. The third-order valence-electron chi connectivity index (χ3n) is 1.35. The Bertz CT molecular complexity index is 171. The van der Waals surface area contributed by atoms with Gasteiger partial charge in [0.1, 0.15) is 0 Å². The SMILES string of the molecule is C\C=C/C=C\C=C\OCCNCC. The van der Waals surface area contributed by atoms with Crippen LogP contribution in [0.2, 0.25) is 0 Å². The van der Waals surface area contributed by atoms with Gasteiger partial charge in [0.2, 0.25) is 0 Å². The van der Waals surface area contributed by atoms with Gasteiger partial charge in [-0.2, -0.15) is 0 Å². The minimum Gasteiger partial charge on any atom is -0.500 e. The van der Waals surface area contributed by atoms with Gasteiger partial charge in [-0.1, -0.05) is 31.2 Å². The first-order valence-corrected chi connectivity index (χ1v) is 4.68. The van der Waals surface area contributed by atoms with Crippen LogP contribution in [0.25, 0.3) is 0 Å². The van der Waals surface area contributed by atoms with Crippen molar-refractivity contribution < 1.29 is 4.74 Å². The predicted octanol–water partition coefficient (Wildman–Crippen LogP) is 2.26. The lowest BCUT2D eigenvalue weighted by Gasteiger charge is -1.99. The molecule has 0 unspecified atom stereocenters. The summed E-state index contributed by atoms with van der Waals surface area (Å²) in [6.07, 6.45) is 11.4. The first-order chi connectivity index (χ1) is 6.41. The van der Waals surface area contributed by atoms with E-state index in [-0.39, 0.29) is 0 Å². The molecule has 0 saturated heterocycles. The summed E-state index contributed by atoms with van der Waals surface area (Å²) >= 11 is 0. The van der Waals surface area contributed by atoms with Crippen molar-refractivity contribution in [2.24, 2.45) is 0 Å². The Labute approximate surface area is 81.0 Å². The molecular weight excluding hydrogens is 162 g/mol. The standard InChI is InChI=1S/C11H19NO/c1-3-5-6-7-8-10-13-11-9-12-4-2/h3,5-8,10,12H,4,9,11H2,1-2H3/b5-3-,7-6-,10-8+. The van der Waals surface area contributed by atoms with Crippen LogP contribution in [0.3, 0.4) is 0 Å². The van der Waals surface area contributed by atoms with Crippen LogP contribution in [-0.2, 0) is 4.74 Å². The van der Waals surface area contributed by atoms with Crippen molar-refractivity contribution in [2.75, 3.05) is 19.7 Å². The van der Waals surface area contributed by atoms with Crippen LogP contribution in [0.15, 0.2) is 36.6 Å². The Kier molecular flexibility index (Phi) is 10.1. The average Bonchev–Trinajstić information content (AvgIpc) is 2.16. The van der Waals surface area contributed by atoms with Crippen LogP contribution in [0, 0.1) is 0 Å². The fourth-order valence-corrected chi connectivity index (χ4v) is 0.716. The van der Waals surface area contributed by atoms with Gasteiger partial charge in [0.25, 0.3) is 0 Å². The molecule has 0 aliphatic rings. The van der Waals surface area contributed by atoms with Gasteiger partial charge < -0.3 is 10.1 Å². The smallest absolute Gasteiger partial charge is 0.0997 e. The predicted molar refractivity (Wildman–Crippen MR) is 57.6 cm³/mol. The molecule has 0 heterocycles. The molecule has 0 amide bonds. The van der Waals surface area contributed by atoms with E-state index < -0.39 is 0 Å². The van der Waals surface area contributed by atoms with Crippen molar-refractivity contribution in [3.8, 4) is 0 Å². The number of nitrogens with one attached hydrogen (secondary N) is 1. The molecule has 13 heavy (non-hydrogen) atoms. The minimum absolute atomic E-state index is 0.724. The van der Waals surface area contributed by atoms with E-state index in [9.17, 15) is 0 Å². The molecule has 0 spiro atoms. The molecule has 0 aliphatic carbocycles. The van der Waals surface area contributed by atoms with E-state index in [1.165, 1.54) is 0 Å². The third kappa shape index (κ3) is 11.0. The number of hydrogen-bond acceptors (Lipinski definition) is 2. The molecule has 2 nitrogen and oxygen atoms in total. The van der Waals surface area contributed by atoms with Gasteiger partial charge in [-0.3, -0.25) is 0 Å². The second-order valence-electron chi connectivity index (χ2n) is 2.46. The zero-order chi connectivity index (χ0) is 9.78. The summed E-state index contributed by atoms with van der Waals surface area (Å²) in [5, 5.41) is 3.17. The number of likely N-dealkylation sites (N-methyl/N-ethyl adjacent to an activating group) is 1. The number of allylic oxidation sites excluding steroid dienone is 5. The monoisotopic (exact) mass is 181 g/mol. The minimum atomic E-state index is 0.724. The van der Waals surface area contributed by atoms with Crippen molar-refractivity contribution in [3.05, 3.63) is 36.6 Å². The number of hydrogen-bond donors (Lipinski definition) is 1. The summed E-state index contributed by atoms with van der Waals surface area (Å²) in [7, 11) is 0. The summed E-state index contributed by atoms with van der Waals surface area (Å²) in [4.78, 5) is 0. The molecule has 0 atom stereocenters. The lowest BCUT2D eigenvalue weighted by atomic mass is 10.4. The van der Waals surface area contributed by atoms with Crippen LogP contribution < -0.4 is 5.32 Å². The Balaban J connectivity index is 3.21. The quantitative estimate of drug-likeness (QED) is 0.369. The molecule has 0 fully saturated rings. The highest BCUT2D eigenvalue weighted by molar-refractivity contribution is 5.09. The van der Waals surface area contributed by atoms with Crippen LogP contribution in [0.5, 0.6) is 0 Å². The third-order valence-corrected chi connectivity index (χ3v) is 1.35. The van der Waals surface area contributed by atoms with E-state index in [0.717, 1.165) is 19.7 Å². The molecular formula is C11H19NO. The second-order valence-corrected chi connectivity index (χ2v) is 2.46. The van der Waals surface area contributed by atoms with Crippen molar-refractivity contribution in [1.82, 2.24) is 5.32 Å². The second kappa shape index (κ2) is 11.0. The average molecular weight is 181 g/mol. The van der Waals surface area contributed by atoms with Gasteiger partial charge in [0.15, 0.2) is 0 Å². The van der Waals surface area contributed by atoms with Crippen molar-refractivity contribution >= 4 is 0 Å². The Hall–Kier alpha value is -1.02. The highest BCUT2D eigenvalue weighted by Crippen LogP contribution is 1.81. The zero-order valence-electron chi connectivity index (χ0n) is 8.49. The van der Waals surface area contributed by atoms with Gasteiger partial charge in [-0.15, -0.1) is 0 Å². The topological polar surface area (TPSA) is 21.3 Å². The van der Waals surface area contributed by atoms with Crippen molar-refractivity contribution in [3.63, 3.8) is 0 Å². The van der Waals surface area contributed by atoms with E-state index in [2.05, 4.69) is 12.2 Å². The molecule has 0 aromatic carbocycles. The molecule has 0 aromatic rings. The summed E-state index contributed by atoms with van der Waals surface area (Å²) in [5.41, 5.74) is 0. The fraction of sp³-hybridized carbons (Fsp3) is 0.455. The maximum absolute atomic E-state index is 5.20. The lowest BCUT2D eigenvalue weighted by Crippen LogP contribution is -2.17. The van der Waals surface area contributed by atoms with Crippen molar-refractivity contribution in [1.29, 1.82) is 0 Å². The summed E-state index contributed by atoms with van der Waals surface area (Å²) in [5.74, 6) is 0. The molecule has 0 rings (SSSR count). The number of ether oxygens (including phenoxy) is 1. The Morgan fingerprint density at radius 3 is 2.62 bits per heavy atom. The maximum atomic E-state index is 5.20. The van der Waals surface area contributed by atoms with E-state index in [4.69, 9.17) is 4.74 Å². The fourth-order valence-electron chi connectivity index (χ4n) is 0.716. The first kappa shape index (κ1) is 12.0. The summed E-state index contributed by atoms with van der Waals surface area (Å²) in [6, 6.07) is 0. The van der Waals surface area contributed by atoms with E-state index in [1.54, 1.807) is 6.26 Å². The van der Waals surface area contributed by atoms with Gasteiger partial charge in [-0.25, -0.2) is 0 Å². The van der Waals surface area contributed by atoms with E-state index in [0.29, 0.717) is 0 Å². The molecule has 1 N–H and O–H groups in total. The molecule has 0 aliphatic heterocycles. The maximum Gasteiger partial charge on any atom is 0.0997 e. The lowest BCUT2D eigenvalue weighted by molar-refractivity contribution is 0.250. The highest BCUT2D eigenvalue weighted by Gasteiger charge is 1.79. The van der Waals surface area contributed by atoms with Crippen LogP contribution in [0.4, 0.5) is 0 Å². The molecule has 2 heteroatoms. The Morgan fingerprint density at radius 2 is 1.92 bits per heavy atom. The van der Waals surface area contributed by atoms with Gasteiger partial charge in [-0.05, 0) is 19.5 Å². The molecule has 0 aromatic heterocycles. The highest BCUT2D eigenvalue weighted by atomic mass is 16.5. The largest absolute Gasteiger partial charge is 0.500 e. The number of rotatable bonds is 7. The van der Waals surface area contributed by atoms with Crippen molar-refractivity contribution in [2.45, 2.75) is 13.8 Å². The van der Waals surface area contributed by atoms with Crippen LogP contribution >= 0.6 is 0 Å². The normalized spacial score (nSPS) is 12.2. The summed E-state index contributed by atoms with van der Waals surface area (Å²) < 4.78 is 5.20. The Morgan fingerprint density at radius 1 is 1.15 bits per heavy atom. The first-order valence-electron chi connectivity index (χ1n) is 4.68. The molecule has 74 valence electrons. The van der Waals surface area contributed by atoms with E-state index in [1.807, 2.05) is 37.3 Å². The van der Waals surface area contributed by atoms with Crippen LogP contribution in [-0.4, -0.2) is 19.7 Å². The van der Waals surface area contributed by atoms with E-state index >= 15 is 0 Å². The van der Waals surface area contributed by atoms with Gasteiger partial charge in [0, 0.05) is 6.54 Å². The van der Waals surface area contributed by atoms with Gasteiger partial charge >= 0.3 is 0 Å². The van der Waals surface area contributed by atoms with Gasteiger partial charge in [0.05, 0.1) is 12.9 Å². The molecule has 0 bridgehead atoms. The van der Waals surface area contributed by atoms with Crippen LogP contribution in [0.1, 0.15) is 13.8 Å². The zero-order valence-corrected chi connectivity index (χ0v) is 8.49.